The van der Waals surface area contributed by atoms with Crippen molar-refractivity contribution in [1.82, 2.24) is 9.99 Å². The van der Waals surface area contributed by atoms with Crippen LogP contribution in [0.25, 0.3) is 11.3 Å². The van der Waals surface area contributed by atoms with Crippen LogP contribution < -0.4 is 5.32 Å². The summed E-state index contributed by atoms with van der Waals surface area (Å²) < 4.78 is 18.4. The van der Waals surface area contributed by atoms with E-state index in [-0.39, 0.29) is 13.0 Å². The molecule has 0 radical (unpaired) electrons. The van der Waals surface area contributed by atoms with Crippen LogP contribution in [0.15, 0.2) is 64.6 Å². The molecule has 2 aromatic heterocycles. The van der Waals surface area contributed by atoms with Crippen LogP contribution in [-0.2, 0) is 27.1 Å². The molecule has 0 aliphatic heterocycles. The number of thiophene rings is 1. The number of nitrogens with one attached hydrogen (secondary N) is 1. The van der Waals surface area contributed by atoms with Gasteiger partial charge >= 0.3 is 13.7 Å². The van der Waals surface area contributed by atoms with Crippen LogP contribution in [0.3, 0.4) is 0 Å². The molecule has 34 heavy (non-hydrogen) atoms. The zero-order valence-corrected chi connectivity index (χ0v) is 20.4. The number of carboxylic acids is 1. The first-order chi connectivity index (χ1) is 16.1. The van der Waals surface area contributed by atoms with Crippen molar-refractivity contribution in [3.8, 4) is 11.3 Å². The highest BCUT2D eigenvalue weighted by Crippen LogP contribution is 2.45. The molecule has 0 spiro atoms. The van der Waals surface area contributed by atoms with Gasteiger partial charge in [0.15, 0.2) is 0 Å². The second-order valence-corrected chi connectivity index (χ2v) is 10.7. The lowest BCUT2D eigenvalue weighted by Crippen LogP contribution is -2.53. The number of aliphatic carboxylic acids is 1. The van der Waals surface area contributed by atoms with Crippen molar-refractivity contribution in [2.75, 3.05) is 0 Å². The normalized spacial score (nSPS) is 13.7. The maximum absolute atomic E-state index is 13.1. The van der Waals surface area contributed by atoms with E-state index >= 15 is 0 Å². The summed E-state index contributed by atoms with van der Waals surface area (Å²) >= 11 is 1.31. The van der Waals surface area contributed by atoms with Gasteiger partial charge in [0.25, 0.3) is 0 Å². The average Bonchev–Trinajstić information content (AvgIpc) is 3.47. The molecule has 1 amide bonds. The molecule has 0 fully saturated rings. The molecule has 3 aromatic rings. The van der Waals surface area contributed by atoms with E-state index in [9.17, 15) is 29.0 Å². The van der Waals surface area contributed by atoms with E-state index in [2.05, 4.69) is 5.32 Å². The number of carbonyl (C=O) groups excluding carboxylic acids is 1. The Balaban J connectivity index is 1.77. The molecule has 3 rings (SSSR count). The van der Waals surface area contributed by atoms with Crippen LogP contribution in [-0.4, -0.2) is 43.5 Å². The Labute approximate surface area is 201 Å². The van der Waals surface area contributed by atoms with E-state index in [0.717, 1.165) is 10.2 Å². The maximum atomic E-state index is 13.1. The molecule has 9 nitrogen and oxygen atoms in total. The van der Waals surface area contributed by atoms with E-state index in [1.807, 2.05) is 6.07 Å². The minimum absolute atomic E-state index is 0.00512. The fourth-order valence-electron chi connectivity index (χ4n) is 3.64. The summed E-state index contributed by atoms with van der Waals surface area (Å²) in [5, 5.41) is 14.0. The lowest BCUT2D eigenvalue weighted by molar-refractivity contribution is -0.142. The van der Waals surface area contributed by atoms with Crippen LogP contribution in [0.4, 0.5) is 0 Å². The molecule has 2 heterocycles. The van der Waals surface area contributed by atoms with E-state index in [1.165, 1.54) is 11.3 Å². The van der Waals surface area contributed by atoms with Gasteiger partial charge in [-0.1, -0.05) is 44.2 Å². The number of benzene rings is 1. The van der Waals surface area contributed by atoms with Gasteiger partial charge in [-0.2, -0.15) is 4.67 Å². The van der Waals surface area contributed by atoms with E-state index in [1.54, 1.807) is 68.0 Å². The molecular formula is C23H27N2O7PS. The van der Waals surface area contributed by atoms with E-state index in [4.69, 9.17) is 4.42 Å². The predicted octanol–water partition coefficient (Wildman–Crippen LogP) is 3.74. The molecule has 11 heteroatoms. The SMILES string of the molecule is CC(C)C(C(=O)NC(Cc1ccc(-c2ccco2)cc1)C(=O)O)N(Cc1cccs1)P(=O)(O)O. The summed E-state index contributed by atoms with van der Waals surface area (Å²) in [7, 11) is -4.82. The third-order valence-corrected chi connectivity index (χ3v) is 7.19. The number of amides is 1. The fourth-order valence-corrected chi connectivity index (χ4v) is 5.47. The zero-order chi connectivity index (χ0) is 24.9. The average molecular weight is 507 g/mol. The van der Waals surface area contributed by atoms with Crippen LogP contribution in [0.5, 0.6) is 0 Å². The van der Waals surface area contributed by atoms with E-state index < -0.39 is 37.6 Å². The molecule has 0 bridgehead atoms. The lowest BCUT2D eigenvalue weighted by Gasteiger charge is -2.33. The number of carbonyl (C=O) groups is 2. The van der Waals surface area contributed by atoms with Crippen molar-refractivity contribution in [3.63, 3.8) is 0 Å². The Hall–Kier alpha value is -2.75. The molecule has 0 saturated carbocycles. The largest absolute Gasteiger partial charge is 0.480 e. The Morgan fingerprint density at radius 3 is 2.32 bits per heavy atom. The van der Waals surface area contributed by atoms with Gasteiger partial charge < -0.3 is 24.6 Å². The lowest BCUT2D eigenvalue weighted by atomic mass is 10.0. The van der Waals surface area contributed by atoms with E-state index in [0.29, 0.717) is 16.2 Å². The molecule has 1 aromatic carbocycles. The van der Waals surface area contributed by atoms with Gasteiger partial charge in [0.2, 0.25) is 5.91 Å². The van der Waals surface area contributed by atoms with Gasteiger partial charge in [-0.15, -0.1) is 11.3 Å². The van der Waals surface area contributed by atoms with Gasteiger partial charge in [-0.05, 0) is 35.1 Å². The van der Waals surface area contributed by atoms with Gasteiger partial charge in [0.05, 0.1) is 6.26 Å². The van der Waals surface area contributed by atoms with Crippen LogP contribution in [0.1, 0.15) is 24.3 Å². The van der Waals surface area contributed by atoms with Crippen molar-refractivity contribution in [2.45, 2.75) is 38.9 Å². The highest BCUT2D eigenvalue weighted by molar-refractivity contribution is 7.49. The number of hydrogen-bond acceptors (Lipinski definition) is 5. The molecule has 182 valence electrons. The van der Waals surface area contributed by atoms with Crippen molar-refractivity contribution in [2.24, 2.45) is 5.92 Å². The topological polar surface area (TPSA) is 140 Å². The van der Waals surface area contributed by atoms with Gasteiger partial charge in [-0.25, -0.2) is 9.36 Å². The van der Waals surface area contributed by atoms with Crippen LogP contribution in [0, 0.1) is 5.92 Å². The smallest absolute Gasteiger partial charge is 0.404 e. The molecule has 0 aliphatic carbocycles. The second kappa shape index (κ2) is 11.1. The van der Waals surface area contributed by atoms with Crippen LogP contribution >= 0.6 is 19.1 Å². The molecule has 2 atom stereocenters. The van der Waals surface area contributed by atoms with Crippen molar-refractivity contribution >= 4 is 31.0 Å². The zero-order valence-electron chi connectivity index (χ0n) is 18.7. The first kappa shape index (κ1) is 25.9. The Bertz CT molecular complexity index is 1120. The summed E-state index contributed by atoms with van der Waals surface area (Å²) in [6, 6.07) is 11.6. The molecule has 0 aliphatic rings. The Kier molecular flexibility index (Phi) is 8.46. The first-order valence-corrected chi connectivity index (χ1v) is 13.0. The van der Waals surface area contributed by atoms with Gasteiger partial charge in [0.1, 0.15) is 17.8 Å². The minimum atomic E-state index is -4.82. The van der Waals surface area contributed by atoms with Crippen molar-refractivity contribution < 1.29 is 33.5 Å². The van der Waals surface area contributed by atoms with Crippen molar-refractivity contribution in [3.05, 3.63) is 70.6 Å². The standard InChI is InChI=1S/C23H27N2O7PS/c1-15(2)21(25(33(29,30)31)14-18-5-4-12-34-18)22(26)24-19(23(27)28)13-16-7-9-17(10-8-16)20-6-3-11-32-20/h3-12,15,19,21H,13-14H2,1-2H3,(H,24,26)(H,27,28)(H2,29,30,31). The summed E-state index contributed by atoms with van der Waals surface area (Å²) in [4.78, 5) is 45.7. The first-order valence-electron chi connectivity index (χ1n) is 10.6. The Morgan fingerprint density at radius 1 is 1.12 bits per heavy atom. The third-order valence-electron chi connectivity index (χ3n) is 5.27. The second-order valence-electron chi connectivity index (χ2n) is 8.16. The highest BCUT2D eigenvalue weighted by atomic mass is 32.1. The number of hydrogen-bond donors (Lipinski definition) is 4. The molecule has 2 unspecified atom stereocenters. The maximum Gasteiger partial charge on any atom is 0.404 e. The predicted molar refractivity (Wildman–Crippen MR) is 128 cm³/mol. The van der Waals surface area contributed by atoms with Crippen molar-refractivity contribution in [1.29, 1.82) is 0 Å². The summed E-state index contributed by atoms with van der Waals surface area (Å²) in [5.41, 5.74) is 1.50. The van der Waals surface area contributed by atoms with Crippen LogP contribution in [0.2, 0.25) is 0 Å². The van der Waals surface area contributed by atoms with Gasteiger partial charge in [-0.3, -0.25) is 4.79 Å². The Morgan fingerprint density at radius 2 is 1.82 bits per heavy atom. The summed E-state index contributed by atoms with van der Waals surface area (Å²) in [6.07, 6.45) is 1.56. The summed E-state index contributed by atoms with van der Waals surface area (Å²) in [6.45, 7) is 3.18. The number of rotatable bonds is 11. The monoisotopic (exact) mass is 506 g/mol. The number of furan rings is 1. The minimum Gasteiger partial charge on any atom is -0.480 e. The number of carboxylic acid groups (broad SMARTS) is 1. The fraction of sp³-hybridized carbons (Fsp3) is 0.304. The third kappa shape index (κ3) is 6.65. The van der Waals surface area contributed by atoms with Gasteiger partial charge in [0, 0.05) is 23.4 Å². The number of nitrogens with zero attached hydrogens (tertiary/aromatic N) is 1. The molecular weight excluding hydrogens is 479 g/mol. The quantitative estimate of drug-likeness (QED) is 0.288. The molecule has 0 saturated heterocycles. The molecule has 4 N–H and O–H groups in total. The highest BCUT2D eigenvalue weighted by Gasteiger charge is 2.40. The summed E-state index contributed by atoms with van der Waals surface area (Å²) in [5.74, 6) is -1.81.